The summed E-state index contributed by atoms with van der Waals surface area (Å²) in [7, 11) is 1.55. The lowest BCUT2D eigenvalue weighted by atomic mass is 10.1. The molecular formula is C21H16ClF3N2O3. The number of nitrogens with zero attached hydrogens (tertiary/aromatic N) is 1. The van der Waals surface area contributed by atoms with Crippen LogP contribution in [0.5, 0.6) is 17.4 Å². The van der Waals surface area contributed by atoms with Crippen LogP contribution in [0.1, 0.15) is 21.5 Å². The van der Waals surface area contributed by atoms with Crippen LogP contribution >= 0.6 is 11.6 Å². The summed E-state index contributed by atoms with van der Waals surface area (Å²) in [5.74, 6) is 0.473. The number of rotatable bonds is 5. The molecule has 1 amide bonds. The third kappa shape index (κ3) is 5.01. The molecule has 9 heteroatoms. The van der Waals surface area contributed by atoms with E-state index in [1.165, 1.54) is 12.1 Å². The zero-order valence-electron chi connectivity index (χ0n) is 15.9. The summed E-state index contributed by atoms with van der Waals surface area (Å²) in [6.07, 6.45) is -3.81. The van der Waals surface area contributed by atoms with Gasteiger partial charge in [0.1, 0.15) is 11.5 Å². The van der Waals surface area contributed by atoms with Gasteiger partial charge in [0.25, 0.3) is 5.91 Å². The van der Waals surface area contributed by atoms with Crippen LogP contribution in [0.25, 0.3) is 0 Å². The highest BCUT2D eigenvalue weighted by Gasteiger charge is 2.30. The molecule has 0 fully saturated rings. The Morgan fingerprint density at radius 2 is 1.80 bits per heavy atom. The van der Waals surface area contributed by atoms with Gasteiger partial charge in [-0.25, -0.2) is 4.98 Å². The first-order valence-corrected chi connectivity index (χ1v) is 9.02. The molecule has 0 aliphatic carbocycles. The largest absolute Gasteiger partial charge is 0.496 e. The SMILES string of the molecule is COc1ccc(C(=O)Nc2ccc(Oc3ccc(C(F)(F)F)cn3)c(Cl)c2)cc1C. The second-order valence-electron chi connectivity index (χ2n) is 6.27. The van der Waals surface area contributed by atoms with Gasteiger partial charge in [0.15, 0.2) is 0 Å². The molecule has 0 bridgehead atoms. The predicted molar refractivity (Wildman–Crippen MR) is 106 cm³/mol. The summed E-state index contributed by atoms with van der Waals surface area (Å²) in [5.41, 5.74) is 0.800. The Labute approximate surface area is 175 Å². The van der Waals surface area contributed by atoms with Crippen LogP contribution in [0.3, 0.4) is 0 Å². The van der Waals surface area contributed by atoms with Crippen molar-refractivity contribution in [2.75, 3.05) is 12.4 Å². The Kier molecular flexibility index (Phi) is 6.17. The Morgan fingerprint density at radius 3 is 2.37 bits per heavy atom. The molecule has 2 aromatic carbocycles. The zero-order valence-corrected chi connectivity index (χ0v) is 16.6. The fourth-order valence-electron chi connectivity index (χ4n) is 2.61. The van der Waals surface area contributed by atoms with Crippen molar-refractivity contribution in [1.29, 1.82) is 0 Å². The Bertz CT molecular complexity index is 1070. The topological polar surface area (TPSA) is 60.5 Å². The quantitative estimate of drug-likeness (QED) is 0.523. The number of benzene rings is 2. The van der Waals surface area contributed by atoms with E-state index >= 15 is 0 Å². The van der Waals surface area contributed by atoms with Crippen molar-refractivity contribution in [3.05, 3.63) is 76.4 Å². The van der Waals surface area contributed by atoms with Crippen molar-refractivity contribution in [2.45, 2.75) is 13.1 Å². The lowest BCUT2D eigenvalue weighted by Crippen LogP contribution is -2.12. The van der Waals surface area contributed by atoms with Crippen LogP contribution in [-0.4, -0.2) is 18.0 Å². The monoisotopic (exact) mass is 436 g/mol. The van der Waals surface area contributed by atoms with E-state index < -0.39 is 11.7 Å². The molecule has 156 valence electrons. The third-order valence-corrected chi connectivity index (χ3v) is 4.42. The van der Waals surface area contributed by atoms with E-state index in [1.54, 1.807) is 31.4 Å². The zero-order chi connectivity index (χ0) is 21.9. The van der Waals surface area contributed by atoms with E-state index in [2.05, 4.69) is 10.3 Å². The van der Waals surface area contributed by atoms with Gasteiger partial charge < -0.3 is 14.8 Å². The molecule has 1 aromatic heterocycles. The van der Waals surface area contributed by atoms with Gasteiger partial charge in [-0.1, -0.05) is 11.6 Å². The summed E-state index contributed by atoms with van der Waals surface area (Å²) in [6.45, 7) is 1.83. The molecule has 1 heterocycles. The molecule has 1 N–H and O–H groups in total. The number of halogens is 4. The van der Waals surface area contributed by atoms with Gasteiger partial charge in [0.2, 0.25) is 5.88 Å². The minimum absolute atomic E-state index is 0.0459. The molecule has 0 atom stereocenters. The van der Waals surface area contributed by atoms with E-state index in [1.807, 2.05) is 6.92 Å². The van der Waals surface area contributed by atoms with Gasteiger partial charge in [-0.15, -0.1) is 0 Å². The number of hydrogen-bond donors (Lipinski definition) is 1. The number of amides is 1. The average Bonchev–Trinajstić information content (AvgIpc) is 2.69. The molecule has 0 radical (unpaired) electrons. The number of hydrogen-bond acceptors (Lipinski definition) is 4. The first-order valence-electron chi connectivity index (χ1n) is 8.64. The van der Waals surface area contributed by atoms with Crippen molar-refractivity contribution in [1.82, 2.24) is 4.98 Å². The highest BCUT2D eigenvalue weighted by Crippen LogP contribution is 2.33. The minimum Gasteiger partial charge on any atom is -0.496 e. The molecule has 0 unspecified atom stereocenters. The van der Waals surface area contributed by atoms with Gasteiger partial charge in [0, 0.05) is 23.5 Å². The molecule has 0 saturated heterocycles. The number of methoxy groups -OCH3 is 1. The average molecular weight is 437 g/mol. The van der Waals surface area contributed by atoms with Gasteiger partial charge in [0.05, 0.1) is 17.7 Å². The predicted octanol–water partition coefficient (Wildman–Crippen LogP) is 6.12. The Balaban J connectivity index is 1.70. The number of alkyl halides is 3. The van der Waals surface area contributed by atoms with Crippen LogP contribution < -0.4 is 14.8 Å². The van der Waals surface area contributed by atoms with E-state index in [9.17, 15) is 18.0 Å². The first kappa shape index (κ1) is 21.4. The smallest absolute Gasteiger partial charge is 0.417 e. The van der Waals surface area contributed by atoms with Gasteiger partial charge in [-0.05, 0) is 55.0 Å². The Morgan fingerprint density at radius 1 is 1.07 bits per heavy atom. The molecule has 5 nitrogen and oxygen atoms in total. The standard InChI is InChI=1S/C21H16ClF3N2O3/c1-12-9-13(3-6-17(12)29-2)20(28)27-15-5-7-18(16(22)10-15)30-19-8-4-14(11-26-19)21(23,24)25/h3-11H,1-2H3,(H,27,28). The van der Waals surface area contributed by atoms with Gasteiger partial charge in [-0.3, -0.25) is 4.79 Å². The van der Waals surface area contributed by atoms with Crippen LogP contribution in [0.4, 0.5) is 18.9 Å². The number of nitrogens with one attached hydrogen (secondary N) is 1. The third-order valence-electron chi connectivity index (χ3n) is 4.12. The lowest BCUT2D eigenvalue weighted by molar-refractivity contribution is -0.137. The number of ether oxygens (including phenoxy) is 2. The molecule has 3 aromatic rings. The summed E-state index contributed by atoms with van der Waals surface area (Å²) in [6, 6.07) is 11.5. The highest BCUT2D eigenvalue weighted by atomic mass is 35.5. The van der Waals surface area contributed by atoms with E-state index in [0.717, 1.165) is 17.7 Å². The fourth-order valence-corrected chi connectivity index (χ4v) is 2.82. The van der Waals surface area contributed by atoms with Gasteiger partial charge >= 0.3 is 6.18 Å². The Hall–Kier alpha value is -3.26. The van der Waals surface area contributed by atoms with E-state index in [4.69, 9.17) is 21.1 Å². The van der Waals surface area contributed by atoms with Gasteiger partial charge in [-0.2, -0.15) is 13.2 Å². The molecule has 30 heavy (non-hydrogen) atoms. The van der Waals surface area contributed by atoms with Crippen LogP contribution in [0.2, 0.25) is 5.02 Å². The van der Waals surface area contributed by atoms with Crippen molar-refractivity contribution in [2.24, 2.45) is 0 Å². The lowest BCUT2D eigenvalue weighted by Gasteiger charge is -2.11. The number of aromatic nitrogens is 1. The van der Waals surface area contributed by atoms with Crippen LogP contribution in [0.15, 0.2) is 54.7 Å². The number of anilines is 1. The maximum absolute atomic E-state index is 12.6. The van der Waals surface area contributed by atoms with E-state index in [-0.39, 0.29) is 22.6 Å². The number of aryl methyl sites for hydroxylation is 1. The maximum Gasteiger partial charge on any atom is 0.417 e. The second-order valence-corrected chi connectivity index (χ2v) is 6.68. The van der Waals surface area contributed by atoms with Crippen LogP contribution in [-0.2, 0) is 6.18 Å². The molecular weight excluding hydrogens is 421 g/mol. The summed E-state index contributed by atoms with van der Waals surface area (Å²) < 4.78 is 48.4. The maximum atomic E-state index is 12.6. The first-order chi connectivity index (χ1) is 14.2. The van der Waals surface area contributed by atoms with Crippen molar-refractivity contribution >= 4 is 23.2 Å². The molecule has 0 saturated carbocycles. The summed E-state index contributed by atoms with van der Waals surface area (Å²) in [4.78, 5) is 16.1. The number of pyridine rings is 1. The second kappa shape index (κ2) is 8.62. The molecule has 0 aliphatic rings. The highest BCUT2D eigenvalue weighted by molar-refractivity contribution is 6.32. The molecule has 3 rings (SSSR count). The molecule has 0 spiro atoms. The minimum atomic E-state index is -4.48. The molecule has 0 aliphatic heterocycles. The number of carbonyl (C=O) groups is 1. The summed E-state index contributed by atoms with van der Waals surface area (Å²) >= 11 is 6.18. The van der Waals surface area contributed by atoms with Crippen molar-refractivity contribution < 1.29 is 27.4 Å². The fraction of sp³-hybridized carbons (Fsp3) is 0.143. The van der Waals surface area contributed by atoms with Crippen molar-refractivity contribution in [3.8, 4) is 17.4 Å². The van der Waals surface area contributed by atoms with Crippen molar-refractivity contribution in [3.63, 3.8) is 0 Å². The van der Waals surface area contributed by atoms with E-state index in [0.29, 0.717) is 23.2 Å². The summed E-state index contributed by atoms with van der Waals surface area (Å²) in [5, 5.41) is 2.87. The number of carbonyl (C=O) groups excluding carboxylic acids is 1. The van der Waals surface area contributed by atoms with Crippen LogP contribution in [0, 0.1) is 6.92 Å². The normalized spacial score (nSPS) is 11.1.